The molecule has 0 radical (unpaired) electrons. The highest BCUT2D eigenvalue weighted by Gasteiger charge is 2.39. The number of thioether (sulfide) groups is 1. The summed E-state index contributed by atoms with van der Waals surface area (Å²) in [6, 6.07) is 10.9. The number of guanidine groups is 1. The Morgan fingerprint density at radius 3 is 1.93 bits per heavy atom. The molecule has 15 nitrogen and oxygen atoms in total. The van der Waals surface area contributed by atoms with Crippen molar-refractivity contribution in [3.8, 4) is 11.1 Å². The molecule has 0 saturated heterocycles. The van der Waals surface area contributed by atoms with Gasteiger partial charge in [-0.25, -0.2) is 31.4 Å². The summed E-state index contributed by atoms with van der Waals surface area (Å²) in [7, 11) is -7.21. The summed E-state index contributed by atoms with van der Waals surface area (Å²) in [6.45, 7) is 1.77. The van der Waals surface area contributed by atoms with Crippen molar-refractivity contribution in [3.05, 3.63) is 52.9 Å². The molecule has 25 heteroatoms. The summed E-state index contributed by atoms with van der Waals surface area (Å²) in [5.41, 5.74) is 19.1. The molecule has 0 bridgehead atoms. The number of alkyl halides is 6. The number of aryl methyl sites for hydroxylation is 1. The largest absolute Gasteiger partial charge is 0.490 e. The number of amides is 1. The Labute approximate surface area is 312 Å². The molecular weight excluding hydrogens is 819 g/mol. The summed E-state index contributed by atoms with van der Waals surface area (Å²) in [5.74, 6) is -6.47. The molecule has 1 heterocycles. The van der Waals surface area contributed by atoms with Gasteiger partial charge in [-0.3, -0.25) is 10.2 Å². The molecule has 0 unspecified atom stereocenters. The number of carbonyl (C=O) groups is 3. The van der Waals surface area contributed by atoms with E-state index in [2.05, 4.69) is 10.3 Å². The van der Waals surface area contributed by atoms with Crippen molar-refractivity contribution in [2.24, 2.45) is 22.2 Å². The van der Waals surface area contributed by atoms with E-state index in [0.717, 1.165) is 17.6 Å². The van der Waals surface area contributed by atoms with E-state index in [-0.39, 0.29) is 40.2 Å². The van der Waals surface area contributed by atoms with E-state index in [1.807, 2.05) is 0 Å². The summed E-state index contributed by atoms with van der Waals surface area (Å²) in [4.78, 5) is 35.0. The number of amidine groups is 1. The summed E-state index contributed by atoms with van der Waals surface area (Å²) < 4.78 is 114. The van der Waals surface area contributed by atoms with Crippen LogP contribution < -0.4 is 22.5 Å². The molecular formula is C29H32F6N6O9S4. The first-order valence-electron chi connectivity index (χ1n) is 14.2. The molecule has 0 fully saturated rings. The molecule has 0 saturated carbocycles. The normalized spacial score (nSPS) is 11.6. The molecule has 0 aliphatic rings. The second kappa shape index (κ2) is 18.9. The zero-order valence-electron chi connectivity index (χ0n) is 28.0. The second-order valence-corrected chi connectivity index (χ2v) is 16.8. The maximum absolute atomic E-state index is 13.7. The van der Waals surface area contributed by atoms with E-state index in [0.29, 0.717) is 37.2 Å². The monoisotopic (exact) mass is 850 g/mol. The van der Waals surface area contributed by atoms with E-state index in [1.54, 1.807) is 37.4 Å². The van der Waals surface area contributed by atoms with Crippen LogP contribution in [0.15, 0.2) is 61.5 Å². The number of carboxylic acids is 2. The minimum atomic E-state index is -5.08. The van der Waals surface area contributed by atoms with Crippen molar-refractivity contribution in [1.82, 2.24) is 0 Å². The standard InChI is InChI=1S/C25H30N6O5S4.2C2HF3O2/c1-14-10-16(30-25(28)29)12-18(31-21(32)8-5-9-39(3,33)34)22(14)15-6-4-7-17(11-15)40(35,36)20-13-19(23(26)27)38-24(20)37-2;2*3-2(4,5)1(6)7/h4,6-7,10-13H,5,8-9H2,1-3H3,(H3,26,27)(H,31,32)(H4,28,29,30);2*(H,6,7). The van der Waals surface area contributed by atoms with Gasteiger partial charge in [-0.15, -0.1) is 23.1 Å². The quantitative estimate of drug-likeness (QED) is 0.0606. The number of hydrogen-bond donors (Lipinski definition) is 7. The number of aliphatic carboxylic acids is 2. The number of benzene rings is 2. The second-order valence-electron chi connectivity index (χ2n) is 10.5. The lowest BCUT2D eigenvalue weighted by Crippen LogP contribution is -2.22. The van der Waals surface area contributed by atoms with Gasteiger partial charge in [0.2, 0.25) is 15.7 Å². The third-order valence-electron chi connectivity index (χ3n) is 6.10. The van der Waals surface area contributed by atoms with Crippen LogP contribution in [-0.4, -0.2) is 87.3 Å². The number of nitrogens with zero attached hydrogens (tertiary/aromatic N) is 1. The molecule has 2 aromatic carbocycles. The number of aliphatic imine (C=N–C) groups is 1. The Balaban J connectivity index is 0.000000879. The van der Waals surface area contributed by atoms with Crippen molar-refractivity contribution < 1.29 is 67.8 Å². The molecule has 0 aliphatic heterocycles. The molecule has 1 aromatic heterocycles. The third kappa shape index (κ3) is 14.9. The van der Waals surface area contributed by atoms with Gasteiger partial charge in [0.1, 0.15) is 15.7 Å². The first-order valence-corrected chi connectivity index (χ1v) is 19.8. The molecule has 54 heavy (non-hydrogen) atoms. The Morgan fingerprint density at radius 2 is 1.48 bits per heavy atom. The number of carboxylic acid groups (broad SMARTS) is 2. The van der Waals surface area contributed by atoms with Crippen LogP contribution in [0.25, 0.3) is 11.1 Å². The van der Waals surface area contributed by atoms with Crippen LogP contribution in [0.4, 0.5) is 37.7 Å². The zero-order valence-corrected chi connectivity index (χ0v) is 31.3. The predicted octanol–water partition coefficient (Wildman–Crippen LogP) is 4.50. The highest BCUT2D eigenvalue weighted by atomic mass is 32.2. The lowest BCUT2D eigenvalue weighted by Gasteiger charge is -2.16. The van der Waals surface area contributed by atoms with Gasteiger partial charge in [-0.05, 0) is 61.1 Å². The smallest absolute Gasteiger partial charge is 0.475 e. The minimum absolute atomic E-state index is 0.0198. The van der Waals surface area contributed by atoms with Gasteiger partial charge in [0.15, 0.2) is 5.96 Å². The van der Waals surface area contributed by atoms with Crippen molar-refractivity contribution in [3.63, 3.8) is 0 Å². The topological polar surface area (TPSA) is 286 Å². The molecule has 3 rings (SSSR count). The number of nitrogens with one attached hydrogen (secondary N) is 2. The van der Waals surface area contributed by atoms with Gasteiger partial charge in [-0.2, -0.15) is 26.3 Å². The number of hydrogen-bond acceptors (Lipinski definition) is 11. The fourth-order valence-electron chi connectivity index (χ4n) is 3.94. The minimum Gasteiger partial charge on any atom is -0.475 e. The third-order valence-corrected chi connectivity index (χ3v) is 11.5. The summed E-state index contributed by atoms with van der Waals surface area (Å²) >= 11 is 2.38. The number of carbonyl (C=O) groups excluding carboxylic acids is 1. The first kappa shape index (κ1) is 47.1. The number of sulfone groups is 2. The number of nitrogen functional groups attached to an aromatic ring is 1. The lowest BCUT2D eigenvalue weighted by molar-refractivity contribution is -0.193. The van der Waals surface area contributed by atoms with Crippen LogP contribution in [-0.2, 0) is 34.1 Å². The fraction of sp³-hybridized carbons (Fsp3) is 0.276. The van der Waals surface area contributed by atoms with E-state index in [4.69, 9.17) is 42.4 Å². The van der Waals surface area contributed by atoms with Gasteiger partial charge < -0.3 is 32.7 Å². The predicted molar refractivity (Wildman–Crippen MR) is 190 cm³/mol. The highest BCUT2D eigenvalue weighted by molar-refractivity contribution is 8.01. The zero-order chi connectivity index (χ0) is 42.0. The maximum atomic E-state index is 13.7. The molecule has 298 valence electrons. The van der Waals surface area contributed by atoms with E-state index < -0.39 is 49.9 Å². The number of thiophene rings is 1. The molecule has 3 aromatic rings. The average molecular weight is 851 g/mol. The van der Waals surface area contributed by atoms with Crippen molar-refractivity contribution in [2.45, 2.75) is 46.1 Å². The van der Waals surface area contributed by atoms with Crippen molar-refractivity contribution in [1.29, 1.82) is 5.41 Å². The van der Waals surface area contributed by atoms with Crippen LogP contribution in [0.2, 0.25) is 0 Å². The molecule has 0 spiro atoms. The Kier molecular flexibility index (Phi) is 16.5. The van der Waals surface area contributed by atoms with Crippen LogP contribution in [0.1, 0.15) is 23.3 Å². The van der Waals surface area contributed by atoms with Crippen molar-refractivity contribution in [2.75, 3.05) is 23.6 Å². The Hall–Kier alpha value is -4.88. The molecule has 1 amide bonds. The fourth-order valence-corrected chi connectivity index (χ4v) is 8.51. The van der Waals surface area contributed by atoms with Crippen LogP contribution in [0.3, 0.4) is 0 Å². The van der Waals surface area contributed by atoms with E-state index >= 15 is 0 Å². The highest BCUT2D eigenvalue weighted by Crippen LogP contribution is 2.40. The number of rotatable bonds is 11. The van der Waals surface area contributed by atoms with Gasteiger partial charge in [-0.1, -0.05) is 12.1 Å². The van der Waals surface area contributed by atoms with Gasteiger partial charge in [0.05, 0.1) is 36.0 Å². The van der Waals surface area contributed by atoms with Crippen molar-refractivity contribution >= 4 is 83.8 Å². The first-order chi connectivity index (χ1) is 24.5. The van der Waals surface area contributed by atoms with Crippen LogP contribution in [0.5, 0.6) is 0 Å². The lowest BCUT2D eigenvalue weighted by atomic mass is 9.97. The number of anilines is 1. The average Bonchev–Trinajstić information content (AvgIpc) is 3.46. The molecule has 10 N–H and O–H groups in total. The van der Waals surface area contributed by atoms with E-state index in [1.165, 1.54) is 30.0 Å². The van der Waals surface area contributed by atoms with Crippen LogP contribution in [0, 0.1) is 12.3 Å². The van der Waals surface area contributed by atoms with Crippen LogP contribution >= 0.6 is 23.1 Å². The molecule has 0 atom stereocenters. The summed E-state index contributed by atoms with van der Waals surface area (Å²) in [6.07, 6.45) is -7.22. The van der Waals surface area contributed by atoms with Gasteiger partial charge in [0, 0.05) is 18.2 Å². The number of halogens is 6. The Bertz CT molecular complexity index is 2110. The maximum Gasteiger partial charge on any atom is 0.490 e. The van der Waals surface area contributed by atoms with Gasteiger partial charge >= 0.3 is 24.3 Å². The Morgan fingerprint density at radius 1 is 0.944 bits per heavy atom. The SMILES string of the molecule is CSc1sc(C(=N)N)cc1S(=O)(=O)c1cccc(-c2c(C)cc(N=C(N)N)cc2NC(=O)CCCS(C)(=O)=O)c1.O=C(O)C(F)(F)F.O=C(O)C(F)(F)F. The number of nitrogens with two attached hydrogens (primary N) is 3. The van der Waals surface area contributed by atoms with E-state index in [9.17, 15) is 48.0 Å². The van der Waals surface area contributed by atoms with Gasteiger partial charge in [0.25, 0.3) is 0 Å². The summed E-state index contributed by atoms with van der Waals surface area (Å²) in [5, 5.41) is 24.8. The molecule has 0 aliphatic carbocycles.